The van der Waals surface area contributed by atoms with Gasteiger partial charge in [-0.3, -0.25) is 4.79 Å². The van der Waals surface area contributed by atoms with Gasteiger partial charge in [0.2, 0.25) is 0 Å². The van der Waals surface area contributed by atoms with Crippen LogP contribution in [0.1, 0.15) is 60.6 Å². The number of aromatic nitrogens is 2. The van der Waals surface area contributed by atoms with Crippen LogP contribution in [0.2, 0.25) is 0 Å². The van der Waals surface area contributed by atoms with Gasteiger partial charge in [-0.15, -0.1) is 0 Å². The van der Waals surface area contributed by atoms with Crippen molar-refractivity contribution in [2.45, 2.75) is 64.7 Å². The topological polar surface area (TPSA) is 103 Å². The molecule has 0 fully saturated rings. The summed E-state index contributed by atoms with van der Waals surface area (Å²) in [5, 5.41) is 12.5. The zero-order chi connectivity index (χ0) is 33.3. The van der Waals surface area contributed by atoms with E-state index in [9.17, 15) is 23.5 Å². The Labute approximate surface area is 272 Å². The molecule has 0 bridgehead atoms. The van der Waals surface area contributed by atoms with E-state index in [4.69, 9.17) is 9.47 Å². The Morgan fingerprint density at radius 2 is 1.70 bits per heavy atom. The van der Waals surface area contributed by atoms with Crippen molar-refractivity contribution >= 4 is 23.6 Å². The molecule has 2 N–H and O–H groups in total. The highest BCUT2D eigenvalue weighted by molar-refractivity contribution is 7.98. The Morgan fingerprint density at radius 1 is 1.02 bits per heavy atom. The molecule has 46 heavy (non-hydrogen) atoms. The van der Waals surface area contributed by atoms with Gasteiger partial charge in [0, 0.05) is 18.0 Å². The minimum Gasteiger partial charge on any atom is -0.458 e. The van der Waals surface area contributed by atoms with E-state index in [1.165, 1.54) is 24.3 Å². The second kappa shape index (κ2) is 16.0. The van der Waals surface area contributed by atoms with E-state index in [-0.39, 0.29) is 19.0 Å². The molecule has 4 rings (SSSR count). The SMILES string of the molecule is CSCC[C@H](NC(=O)c1ccc(COC(Cn2ccnc2CO)c2ccc(F)cc2)cc1-c1ccc(F)cc1)C(=O)OC(C)(C)C. The van der Waals surface area contributed by atoms with Crippen LogP contribution in [-0.4, -0.2) is 50.2 Å². The number of esters is 1. The highest BCUT2D eigenvalue weighted by atomic mass is 32.2. The number of halogens is 2. The van der Waals surface area contributed by atoms with Gasteiger partial charge in [-0.2, -0.15) is 11.8 Å². The molecule has 0 spiro atoms. The first-order valence-electron chi connectivity index (χ1n) is 14.9. The Hall–Kier alpha value is -4.06. The quantitative estimate of drug-likeness (QED) is 0.151. The Kier molecular flexibility index (Phi) is 12.1. The van der Waals surface area contributed by atoms with Gasteiger partial charge in [-0.05, 0) is 97.9 Å². The van der Waals surface area contributed by atoms with E-state index in [1.54, 1.807) is 92.0 Å². The van der Waals surface area contributed by atoms with Crippen LogP contribution in [0.3, 0.4) is 0 Å². The molecule has 0 aliphatic rings. The molecule has 0 radical (unpaired) electrons. The number of nitrogens with one attached hydrogen (secondary N) is 1. The molecule has 0 aliphatic heterocycles. The van der Waals surface area contributed by atoms with E-state index >= 15 is 0 Å². The second-order valence-electron chi connectivity index (χ2n) is 11.7. The Balaban J connectivity index is 1.63. The van der Waals surface area contributed by atoms with Crippen LogP contribution in [0, 0.1) is 11.6 Å². The maximum Gasteiger partial charge on any atom is 0.329 e. The average Bonchev–Trinajstić information content (AvgIpc) is 3.48. The number of nitrogens with zero attached hydrogens (tertiary/aromatic N) is 2. The number of aliphatic hydroxyl groups excluding tert-OH is 1. The van der Waals surface area contributed by atoms with Crippen LogP contribution in [0.5, 0.6) is 0 Å². The minimum atomic E-state index is -0.855. The molecule has 8 nitrogen and oxygen atoms in total. The number of ether oxygens (including phenoxy) is 2. The molecule has 11 heteroatoms. The number of carbonyl (C=O) groups excluding carboxylic acids is 2. The summed E-state index contributed by atoms with van der Waals surface area (Å²) in [6.45, 7) is 5.50. The first-order chi connectivity index (χ1) is 22.0. The maximum absolute atomic E-state index is 13.9. The lowest BCUT2D eigenvalue weighted by Crippen LogP contribution is -2.44. The molecule has 1 amide bonds. The number of rotatable bonds is 14. The van der Waals surface area contributed by atoms with Crippen molar-refractivity contribution in [2.24, 2.45) is 0 Å². The van der Waals surface area contributed by atoms with E-state index in [0.717, 1.165) is 11.1 Å². The van der Waals surface area contributed by atoms with Gasteiger partial charge in [-0.1, -0.05) is 30.3 Å². The Morgan fingerprint density at radius 3 is 2.33 bits per heavy atom. The second-order valence-corrected chi connectivity index (χ2v) is 12.7. The maximum atomic E-state index is 13.9. The molecule has 1 aromatic heterocycles. The fourth-order valence-electron chi connectivity index (χ4n) is 4.81. The third-order valence-corrected chi connectivity index (χ3v) is 7.73. The molecular formula is C35H39F2N3O5S. The highest BCUT2D eigenvalue weighted by Gasteiger charge is 2.28. The molecule has 1 unspecified atom stereocenters. The normalized spacial score (nSPS) is 12.8. The smallest absolute Gasteiger partial charge is 0.329 e. The summed E-state index contributed by atoms with van der Waals surface area (Å²) >= 11 is 1.56. The van der Waals surface area contributed by atoms with Gasteiger partial charge in [-0.25, -0.2) is 18.6 Å². The van der Waals surface area contributed by atoms with E-state index in [0.29, 0.717) is 41.2 Å². The van der Waals surface area contributed by atoms with Gasteiger partial charge >= 0.3 is 5.97 Å². The molecule has 1 heterocycles. The first-order valence-corrected chi connectivity index (χ1v) is 16.3. The lowest BCUT2D eigenvalue weighted by molar-refractivity contribution is -0.157. The third kappa shape index (κ3) is 9.72. The summed E-state index contributed by atoms with van der Waals surface area (Å²) in [6.07, 6.45) is 5.10. The predicted molar refractivity (Wildman–Crippen MR) is 174 cm³/mol. The molecular weight excluding hydrogens is 612 g/mol. The summed E-state index contributed by atoms with van der Waals surface area (Å²) in [5.41, 5.74) is 2.17. The fourth-order valence-corrected chi connectivity index (χ4v) is 5.28. The molecule has 0 saturated heterocycles. The van der Waals surface area contributed by atoms with Crippen molar-refractivity contribution in [2.75, 3.05) is 12.0 Å². The average molecular weight is 652 g/mol. The van der Waals surface area contributed by atoms with E-state index in [1.807, 2.05) is 6.26 Å². The molecule has 244 valence electrons. The van der Waals surface area contributed by atoms with Crippen LogP contribution in [0.25, 0.3) is 11.1 Å². The van der Waals surface area contributed by atoms with Crippen molar-refractivity contribution in [3.63, 3.8) is 0 Å². The molecule has 4 aromatic rings. The van der Waals surface area contributed by atoms with Crippen LogP contribution in [0.4, 0.5) is 8.78 Å². The highest BCUT2D eigenvalue weighted by Crippen LogP contribution is 2.28. The van der Waals surface area contributed by atoms with Crippen molar-refractivity contribution in [1.82, 2.24) is 14.9 Å². The standard InChI is InChI=1S/C35H39F2N3O5S/c1-35(2,3)45-34(43)30(15-18-46-4)39-33(42)28-14-5-23(19-29(28)24-6-10-26(36)11-7-24)22-44-31(25-8-12-27(37)13-9-25)20-40-17-16-38-32(40)21-41/h5-14,16-17,19,30-31,41H,15,18,20-22H2,1-4H3,(H,39,42)/t30-,31?/m0/s1. The van der Waals surface area contributed by atoms with Gasteiger partial charge in [0.05, 0.1) is 13.2 Å². The number of imidazole rings is 1. The van der Waals surface area contributed by atoms with Gasteiger partial charge in [0.15, 0.2) is 0 Å². The number of carbonyl (C=O) groups is 2. The summed E-state index contributed by atoms with van der Waals surface area (Å²) in [4.78, 5) is 30.8. The fraction of sp³-hybridized carbons (Fsp3) is 0.343. The van der Waals surface area contributed by atoms with E-state index in [2.05, 4.69) is 10.3 Å². The molecule has 0 saturated carbocycles. The van der Waals surface area contributed by atoms with Crippen LogP contribution >= 0.6 is 11.8 Å². The summed E-state index contributed by atoms with van der Waals surface area (Å²) < 4.78 is 41.3. The van der Waals surface area contributed by atoms with Gasteiger partial charge in [0.25, 0.3) is 5.91 Å². The number of aliphatic hydroxyl groups is 1. The van der Waals surface area contributed by atoms with Crippen molar-refractivity contribution in [1.29, 1.82) is 0 Å². The molecule has 2 atom stereocenters. The van der Waals surface area contributed by atoms with E-state index < -0.39 is 35.4 Å². The van der Waals surface area contributed by atoms with Crippen LogP contribution in [0.15, 0.2) is 79.1 Å². The van der Waals surface area contributed by atoms with Gasteiger partial charge in [0.1, 0.15) is 41.8 Å². The summed E-state index contributed by atoms with van der Waals surface area (Å²) in [5.74, 6) is -0.672. The van der Waals surface area contributed by atoms with Crippen LogP contribution < -0.4 is 5.32 Å². The number of thioether (sulfide) groups is 1. The Bertz CT molecular complexity index is 1600. The van der Waals surface area contributed by atoms with Gasteiger partial charge < -0.3 is 24.5 Å². The molecule has 0 aliphatic carbocycles. The number of hydrogen-bond donors (Lipinski definition) is 2. The number of amides is 1. The minimum absolute atomic E-state index is 0.121. The number of hydrogen-bond acceptors (Lipinski definition) is 7. The predicted octanol–water partition coefficient (Wildman–Crippen LogP) is 6.47. The van der Waals surface area contributed by atoms with Crippen LogP contribution in [-0.2, 0) is 34.0 Å². The lowest BCUT2D eigenvalue weighted by Gasteiger charge is -2.25. The van der Waals surface area contributed by atoms with Crippen molar-refractivity contribution in [3.8, 4) is 11.1 Å². The van der Waals surface area contributed by atoms with Crippen molar-refractivity contribution in [3.05, 3.63) is 113 Å². The number of benzene rings is 3. The lowest BCUT2D eigenvalue weighted by atomic mass is 9.96. The van der Waals surface area contributed by atoms with Crippen molar-refractivity contribution < 1.29 is 33.0 Å². The zero-order valence-corrected chi connectivity index (χ0v) is 27.2. The first kappa shape index (κ1) is 34.8. The summed E-state index contributed by atoms with van der Waals surface area (Å²) in [7, 11) is 0. The molecule has 3 aromatic carbocycles. The largest absolute Gasteiger partial charge is 0.458 e. The zero-order valence-electron chi connectivity index (χ0n) is 26.3. The summed E-state index contributed by atoms with van der Waals surface area (Å²) in [6, 6.07) is 16.2. The monoisotopic (exact) mass is 651 g/mol. The third-order valence-electron chi connectivity index (χ3n) is 7.09.